The molecule has 0 radical (unpaired) electrons. The summed E-state index contributed by atoms with van der Waals surface area (Å²) >= 11 is 1.21. The van der Waals surface area contributed by atoms with E-state index >= 15 is 0 Å². The minimum Gasteiger partial charge on any atom is -0.497 e. The van der Waals surface area contributed by atoms with Crippen molar-refractivity contribution >= 4 is 60.3 Å². The number of anilines is 3. The summed E-state index contributed by atoms with van der Waals surface area (Å²) in [6.07, 6.45) is 1.05. The van der Waals surface area contributed by atoms with Gasteiger partial charge in [0.15, 0.2) is 5.75 Å². The zero-order chi connectivity index (χ0) is 30.8. The van der Waals surface area contributed by atoms with Crippen molar-refractivity contribution in [1.82, 2.24) is 0 Å². The van der Waals surface area contributed by atoms with E-state index in [1.165, 1.54) is 32.7 Å². The largest absolute Gasteiger partial charge is 0.497 e. The molecule has 0 fully saturated rings. The molecule has 0 aliphatic rings. The summed E-state index contributed by atoms with van der Waals surface area (Å²) in [7, 11) is 0.780. The topological polar surface area (TPSA) is 132 Å². The maximum atomic E-state index is 13.5. The number of hydrogen-bond acceptors (Lipinski definition) is 8. The Hall–Kier alpha value is -4.29. The SMILES string of the molecule is COc1ccc(OC)c(C(=O)Nc2cccc3cc(C(=O)Nc4cc(C(C)(C)C)cc(NS(C)(=O)=O)c4OC)sc23)c1. The van der Waals surface area contributed by atoms with Gasteiger partial charge >= 0.3 is 0 Å². The van der Waals surface area contributed by atoms with Crippen molar-refractivity contribution in [1.29, 1.82) is 0 Å². The molecule has 1 heterocycles. The van der Waals surface area contributed by atoms with Gasteiger partial charge in [-0.05, 0) is 58.8 Å². The summed E-state index contributed by atoms with van der Waals surface area (Å²) in [6, 6.07) is 15.5. The molecule has 0 aliphatic carbocycles. The second-order valence-electron chi connectivity index (χ2n) is 10.5. The molecule has 1 aromatic heterocycles. The van der Waals surface area contributed by atoms with Gasteiger partial charge in [0.1, 0.15) is 11.5 Å². The van der Waals surface area contributed by atoms with Crippen LogP contribution in [-0.4, -0.2) is 47.8 Å². The van der Waals surface area contributed by atoms with Gasteiger partial charge in [-0.1, -0.05) is 32.9 Å². The fourth-order valence-corrected chi connectivity index (χ4v) is 5.86. The van der Waals surface area contributed by atoms with E-state index in [4.69, 9.17) is 14.2 Å². The van der Waals surface area contributed by atoms with E-state index in [-0.39, 0.29) is 16.9 Å². The van der Waals surface area contributed by atoms with Crippen molar-refractivity contribution in [3.63, 3.8) is 0 Å². The van der Waals surface area contributed by atoms with E-state index in [0.717, 1.165) is 17.2 Å². The summed E-state index contributed by atoms with van der Waals surface area (Å²) in [4.78, 5) is 27.1. The minimum atomic E-state index is -3.62. The molecule has 2 amide bonds. The highest BCUT2D eigenvalue weighted by Gasteiger charge is 2.23. The van der Waals surface area contributed by atoms with E-state index in [1.807, 2.05) is 26.8 Å². The lowest BCUT2D eigenvalue weighted by Crippen LogP contribution is -2.18. The number of carbonyl (C=O) groups is 2. The lowest BCUT2D eigenvalue weighted by molar-refractivity contribution is 0.101. The molecule has 0 atom stereocenters. The zero-order valence-electron chi connectivity index (χ0n) is 24.4. The van der Waals surface area contributed by atoms with Gasteiger partial charge in [0.2, 0.25) is 10.0 Å². The molecule has 3 N–H and O–H groups in total. The highest BCUT2D eigenvalue weighted by atomic mass is 32.2. The number of carbonyl (C=O) groups excluding carboxylic acids is 2. The Morgan fingerprint density at radius 3 is 2.12 bits per heavy atom. The number of fused-ring (bicyclic) bond motifs is 1. The average Bonchev–Trinajstić information content (AvgIpc) is 3.37. The smallest absolute Gasteiger partial charge is 0.265 e. The first-order valence-corrected chi connectivity index (χ1v) is 15.5. The molecule has 0 bridgehead atoms. The van der Waals surface area contributed by atoms with E-state index < -0.39 is 21.8 Å². The molecule has 10 nitrogen and oxygen atoms in total. The standard InChI is InChI=1S/C30H33N3O7S2/c1-30(2,3)18-14-22(26(40-6)23(15-18)33-42(7,36)37)32-29(35)25-13-17-9-8-10-21(27(17)41-25)31-28(34)20-16-19(38-4)11-12-24(20)39-5/h8-16,33H,1-7H3,(H,31,34)(H,32,35). The van der Waals surface area contributed by atoms with E-state index in [2.05, 4.69) is 15.4 Å². The Morgan fingerprint density at radius 2 is 1.50 bits per heavy atom. The van der Waals surface area contributed by atoms with Crippen molar-refractivity contribution in [2.75, 3.05) is 42.9 Å². The molecule has 4 rings (SSSR count). The highest BCUT2D eigenvalue weighted by Crippen LogP contribution is 2.40. The lowest BCUT2D eigenvalue weighted by atomic mass is 9.86. The number of amides is 2. The van der Waals surface area contributed by atoms with Crippen LogP contribution in [0, 0.1) is 0 Å². The molecular weight excluding hydrogens is 578 g/mol. The Kier molecular flexibility index (Phi) is 8.69. The lowest BCUT2D eigenvalue weighted by Gasteiger charge is -2.23. The highest BCUT2D eigenvalue weighted by molar-refractivity contribution is 7.92. The van der Waals surface area contributed by atoms with Crippen molar-refractivity contribution in [2.45, 2.75) is 26.2 Å². The number of hydrogen-bond donors (Lipinski definition) is 3. The molecule has 222 valence electrons. The summed E-state index contributed by atoms with van der Waals surface area (Å²) in [6.45, 7) is 5.94. The Balaban J connectivity index is 1.69. The fraction of sp³-hybridized carbons (Fsp3) is 0.267. The summed E-state index contributed by atoms with van der Waals surface area (Å²) in [5, 5.41) is 6.56. The van der Waals surface area contributed by atoms with Crippen molar-refractivity contribution in [2.24, 2.45) is 0 Å². The van der Waals surface area contributed by atoms with Crippen LogP contribution < -0.4 is 29.6 Å². The first-order chi connectivity index (χ1) is 19.7. The zero-order valence-corrected chi connectivity index (χ0v) is 26.0. The number of sulfonamides is 1. The third-order valence-electron chi connectivity index (χ3n) is 6.37. The molecule has 12 heteroatoms. The average molecular weight is 612 g/mol. The van der Waals surface area contributed by atoms with Crippen molar-refractivity contribution in [3.8, 4) is 17.2 Å². The van der Waals surface area contributed by atoms with Crippen LogP contribution in [0.5, 0.6) is 17.2 Å². The molecule has 3 aromatic carbocycles. The Bertz CT molecular complexity index is 1770. The quantitative estimate of drug-likeness (QED) is 0.208. The van der Waals surface area contributed by atoms with Gasteiger partial charge in [-0.15, -0.1) is 11.3 Å². The summed E-state index contributed by atoms with van der Waals surface area (Å²) in [5.41, 5.74) is 1.80. The van der Waals surface area contributed by atoms with Crippen LogP contribution in [0.25, 0.3) is 10.1 Å². The number of ether oxygens (including phenoxy) is 3. The molecule has 0 saturated heterocycles. The van der Waals surface area contributed by atoms with Gasteiger partial charge in [0.05, 0.1) is 59.8 Å². The van der Waals surface area contributed by atoms with Gasteiger partial charge in [0.25, 0.3) is 11.8 Å². The normalized spacial score (nSPS) is 11.6. The molecule has 0 spiro atoms. The van der Waals surface area contributed by atoms with Crippen LogP contribution >= 0.6 is 11.3 Å². The Morgan fingerprint density at radius 1 is 0.810 bits per heavy atom. The van der Waals surface area contributed by atoms with Crippen LogP contribution in [0.1, 0.15) is 46.4 Å². The second-order valence-corrected chi connectivity index (χ2v) is 13.3. The van der Waals surface area contributed by atoms with Crippen LogP contribution in [0.3, 0.4) is 0 Å². The van der Waals surface area contributed by atoms with Gasteiger partial charge in [-0.25, -0.2) is 8.42 Å². The molecule has 4 aromatic rings. The second kappa shape index (κ2) is 11.9. The maximum absolute atomic E-state index is 13.5. The van der Waals surface area contributed by atoms with Crippen LogP contribution in [0.2, 0.25) is 0 Å². The van der Waals surface area contributed by atoms with Crippen molar-refractivity contribution in [3.05, 3.63) is 70.6 Å². The fourth-order valence-electron chi connectivity index (χ4n) is 4.29. The monoisotopic (exact) mass is 611 g/mol. The third kappa shape index (κ3) is 6.77. The first-order valence-electron chi connectivity index (χ1n) is 12.8. The first kappa shape index (κ1) is 30.7. The predicted octanol–water partition coefficient (Wildman–Crippen LogP) is 6.10. The summed E-state index contributed by atoms with van der Waals surface area (Å²) in [5.74, 6) is 0.269. The minimum absolute atomic E-state index is 0.183. The molecular formula is C30H33N3O7S2. The molecule has 0 aliphatic heterocycles. The van der Waals surface area contributed by atoms with Gasteiger partial charge in [0, 0.05) is 0 Å². The number of rotatable bonds is 9. The predicted molar refractivity (Wildman–Crippen MR) is 167 cm³/mol. The Labute approximate surface area is 249 Å². The maximum Gasteiger partial charge on any atom is 0.265 e. The van der Waals surface area contributed by atoms with Gasteiger partial charge < -0.3 is 24.8 Å². The summed E-state index contributed by atoms with van der Waals surface area (Å²) < 4.78 is 43.4. The van der Waals surface area contributed by atoms with Crippen LogP contribution in [0.15, 0.2) is 54.6 Å². The van der Waals surface area contributed by atoms with Gasteiger partial charge in [-0.2, -0.15) is 0 Å². The van der Waals surface area contributed by atoms with E-state index in [0.29, 0.717) is 38.0 Å². The number of nitrogens with one attached hydrogen (secondary N) is 3. The van der Waals surface area contributed by atoms with Gasteiger partial charge in [-0.3, -0.25) is 14.3 Å². The van der Waals surface area contributed by atoms with Crippen molar-refractivity contribution < 1.29 is 32.2 Å². The van der Waals surface area contributed by atoms with Crippen LogP contribution in [0.4, 0.5) is 17.1 Å². The molecule has 0 unspecified atom stereocenters. The molecule has 0 saturated carbocycles. The number of methoxy groups -OCH3 is 3. The number of benzene rings is 3. The molecule has 42 heavy (non-hydrogen) atoms. The third-order valence-corrected chi connectivity index (χ3v) is 8.14. The van der Waals surface area contributed by atoms with E-state index in [9.17, 15) is 18.0 Å². The van der Waals surface area contributed by atoms with Crippen LogP contribution in [-0.2, 0) is 15.4 Å². The van der Waals surface area contributed by atoms with E-state index in [1.54, 1.807) is 48.5 Å². The number of thiophene rings is 1.